The van der Waals surface area contributed by atoms with E-state index in [0.29, 0.717) is 11.3 Å². The SMILES string of the molecule is CNC(=O)c1cccc(NC(=O)C(N)c2cccs2)c1. The Kier molecular flexibility index (Phi) is 4.49. The molecule has 5 nitrogen and oxygen atoms in total. The lowest BCUT2D eigenvalue weighted by Gasteiger charge is -2.11. The quantitative estimate of drug-likeness (QED) is 0.801. The first-order valence-electron chi connectivity index (χ1n) is 6.04. The molecule has 2 aromatic rings. The molecule has 0 aliphatic rings. The van der Waals surface area contributed by atoms with Gasteiger partial charge in [0, 0.05) is 23.2 Å². The van der Waals surface area contributed by atoms with Crippen molar-refractivity contribution in [1.29, 1.82) is 0 Å². The second-order valence-electron chi connectivity index (χ2n) is 4.14. The highest BCUT2D eigenvalue weighted by Crippen LogP contribution is 2.19. The van der Waals surface area contributed by atoms with Crippen molar-refractivity contribution in [1.82, 2.24) is 5.32 Å². The molecule has 20 heavy (non-hydrogen) atoms. The monoisotopic (exact) mass is 289 g/mol. The molecule has 2 rings (SSSR count). The van der Waals surface area contributed by atoms with Gasteiger partial charge in [0.15, 0.2) is 0 Å². The van der Waals surface area contributed by atoms with Crippen molar-refractivity contribution in [2.45, 2.75) is 6.04 Å². The van der Waals surface area contributed by atoms with E-state index in [4.69, 9.17) is 5.73 Å². The number of nitrogens with two attached hydrogens (primary N) is 1. The Hall–Kier alpha value is -2.18. The van der Waals surface area contributed by atoms with Crippen LogP contribution in [0.3, 0.4) is 0 Å². The van der Waals surface area contributed by atoms with Crippen LogP contribution in [0, 0.1) is 0 Å². The fourth-order valence-electron chi connectivity index (χ4n) is 1.70. The fourth-order valence-corrected chi connectivity index (χ4v) is 2.43. The van der Waals surface area contributed by atoms with Gasteiger partial charge in [0.2, 0.25) is 5.91 Å². The van der Waals surface area contributed by atoms with E-state index in [1.54, 1.807) is 31.3 Å². The molecule has 1 heterocycles. The van der Waals surface area contributed by atoms with E-state index in [9.17, 15) is 9.59 Å². The number of hydrogen-bond acceptors (Lipinski definition) is 4. The van der Waals surface area contributed by atoms with Gasteiger partial charge >= 0.3 is 0 Å². The number of rotatable bonds is 4. The Bertz CT molecular complexity index is 611. The molecule has 104 valence electrons. The number of nitrogens with one attached hydrogen (secondary N) is 2. The number of hydrogen-bond donors (Lipinski definition) is 3. The minimum absolute atomic E-state index is 0.205. The average Bonchev–Trinajstić information content (AvgIpc) is 3.00. The number of amides is 2. The molecule has 0 aliphatic heterocycles. The highest BCUT2D eigenvalue weighted by molar-refractivity contribution is 7.10. The second-order valence-corrected chi connectivity index (χ2v) is 5.12. The molecule has 4 N–H and O–H groups in total. The molecular formula is C14H15N3O2S. The molecular weight excluding hydrogens is 274 g/mol. The van der Waals surface area contributed by atoms with Crippen molar-refractivity contribution in [2.24, 2.45) is 5.73 Å². The molecule has 0 radical (unpaired) electrons. The van der Waals surface area contributed by atoms with Crippen molar-refractivity contribution >= 4 is 28.8 Å². The van der Waals surface area contributed by atoms with Gasteiger partial charge in [-0.25, -0.2) is 0 Å². The van der Waals surface area contributed by atoms with Crippen LogP contribution in [0.1, 0.15) is 21.3 Å². The standard InChI is InChI=1S/C14H15N3O2S/c1-16-13(18)9-4-2-5-10(8-9)17-14(19)12(15)11-6-3-7-20-11/h2-8,12H,15H2,1H3,(H,16,18)(H,17,19). The van der Waals surface area contributed by atoms with E-state index in [0.717, 1.165) is 4.88 Å². The third-order valence-corrected chi connectivity index (χ3v) is 3.71. The van der Waals surface area contributed by atoms with Gasteiger partial charge in [-0.15, -0.1) is 11.3 Å². The summed E-state index contributed by atoms with van der Waals surface area (Å²) in [7, 11) is 1.56. The maximum absolute atomic E-state index is 12.0. The van der Waals surface area contributed by atoms with E-state index >= 15 is 0 Å². The summed E-state index contributed by atoms with van der Waals surface area (Å²) in [4.78, 5) is 24.4. The van der Waals surface area contributed by atoms with Gasteiger partial charge in [-0.1, -0.05) is 12.1 Å². The van der Waals surface area contributed by atoms with Gasteiger partial charge < -0.3 is 16.4 Å². The summed E-state index contributed by atoms with van der Waals surface area (Å²) in [5, 5.41) is 7.11. The van der Waals surface area contributed by atoms with Gasteiger partial charge in [0.25, 0.3) is 5.91 Å². The zero-order valence-corrected chi connectivity index (χ0v) is 11.7. The maximum Gasteiger partial charge on any atom is 0.251 e. The van der Waals surface area contributed by atoms with Crippen molar-refractivity contribution < 1.29 is 9.59 Å². The number of thiophene rings is 1. The topological polar surface area (TPSA) is 84.2 Å². The summed E-state index contributed by atoms with van der Waals surface area (Å²) in [6.07, 6.45) is 0. The van der Waals surface area contributed by atoms with Crippen molar-refractivity contribution in [3.05, 3.63) is 52.2 Å². The summed E-state index contributed by atoms with van der Waals surface area (Å²) in [6, 6.07) is 9.65. The van der Waals surface area contributed by atoms with Crippen LogP contribution in [0.25, 0.3) is 0 Å². The average molecular weight is 289 g/mol. The van der Waals surface area contributed by atoms with Gasteiger partial charge in [-0.2, -0.15) is 0 Å². The van der Waals surface area contributed by atoms with Crippen LogP contribution < -0.4 is 16.4 Å². The fraction of sp³-hybridized carbons (Fsp3) is 0.143. The lowest BCUT2D eigenvalue weighted by atomic mass is 10.1. The van der Waals surface area contributed by atoms with Crippen LogP contribution in [0.2, 0.25) is 0 Å². The summed E-state index contributed by atoms with van der Waals surface area (Å²) >= 11 is 1.43. The first kappa shape index (κ1) is 14.2. The molecule has 0 aliphatic carbocycles. The molecule has 6 heteroatoms. The zero-order chi connectivity index (χ0) is 14.5. The number of anilines is 1. The minimum atomic E-state index is -0.710. The van der Waals surface area contributed by atoms with E-state index < -0.39 is 6.04 Å². The lowest BCUT2D eigenvalue weighted by Crippen LogP contribution is -2.27. The van der Waals surface area contributed by atoms with Crippen LogP contribution in [-0.4, -0.2) is 18.9 Å². The summed E-state index contributed by atoms with van der Waals surface area (Å²) in [5.74, 6) is -0.509. The van der Waals surface area contributed by atoms with E-state index in [1.165, 1.54) is 11.3 Å². The third-order valence-electron chi connectivity index (χ3n) is 2.75. The van der Waals surface area contributed by atoms with E-state index in [2.05, 4.69) is 10.6 Å². The Morgan fingerprint density at radius 3 is 2.70 bits per heavy atom. The first-order chi connectivity index (χ1) is 9.61. The molecule has 2 amide bonds. The molecule has 0 saturated carbocycles. The van der Waals surface area contributed by atoms with Crippen LogP contribution in [0.5, 0.6) is 0 Å². The van der Waals surface area contributed by atoms with Gasteiger partial charge in [0.05, 0.1) is 0 Å². The van der Waals surface area contributed by atoms with E-state index in [1.807, 2.05) is 17.5 Å². The third kappa shape index (κ3) is 3.23. The van der Waals surface area contributed by atoms with Crippen LogP contribution in [0.15, 0.2) is 41.8 Å². The molecule has 0 bridgehead atoms. The Morgan fingerprint density at radius 2 is 2.05 bits per heavy atom. The second kappa shape index (κ2) is 6.31. The molecule has 1 aromatic heterocycles. The normalized spacial score (nSPS) is 11.7. The molecule has 1 aromatic carbocycles. The summed E-state index contributed by atoms with van der Waals surface area (Å²) in [5.41, 5.74) is 6.90. The number of carbonyl (C=O) groups is 2. The van der Waals surface area contributed by atoms with Gasteiger partial charge in [-0.05, 0) is 29.6 Å². The van der Waals surface area contributed by atoms with Gasteiger partial charge in [-0.3, -0.25) is 9.59 Å². The summed E-state index contributed by atoms with van der Waals surface area (Å²) < 4.78 is 0. The largest absolute Gasteiger partial charge is 0.355 e. The zero-order valence-electron chi connectivity index (χ0n) is 10.9. The predicted molar refractivity (Wildman–Crippen MR) is 79.7 cm³/mol. The lowest BCUT2D eigenvalue weighted by molar-refractivity contribution is -0.117. The minimum Gasteiger partial charge on any atom is -0.355 e. The molecule has 1 atom stereocenters. The molecule has 1 unspecified atom stereocenters. The van der Waals surface area contributed by atoms with Crippen molar-refractivity contribution in [2.75, 3.05) is 12.4 Å². The Morgan fingerprint density at radius 1 is 1.25 bits per heavy atom. The van der Waals surface area contributed by atoms with Crippen LogP contribution in [0.4, 0.5) is 5.69 Å². The van der Waals surface area contributed by atoms with Gasteiger partial charge in [0.1, 0.15) is 6.04 Å². The van der Waals surface area contributed by atoms with Crippen LogP contribution >= 0.6 is 11.3 Å². The first-order valence-corrected chi connectivity index (χ1v) is 6.92. The maximum atomic E-state index is 12.0. The van der Waals surface area contributed by atoms with Crippen LogP contribution in [-0.2, 0) is 4.79 Å². The van der Waals surface area contributed by atoms with Crippen molar-refractivity contribution in [3.8, 4) is 0 Å². The Labute approximate surface area is 120 Å². The molecule has 0 saturated heterocycles. The van der Waals surface area contributed by atoms with Crippen molar-refractivity contribution in [3.63, 3.8) is 0 Å². The highest BCUT2D eigenvalue weighted by atomic mass is 32.1. The molecule has 0 fully saturated rings. The Balaban J connectivity index is 2.10. The highest BCUT2D eigenvalue weighted by Gasteiger charge is 2.17. The molecule has 0 spiro atoms. The smallest absolute Gasteiger partial charge is 0.251 e. The summed E-state index contributed by atoms with van der Waals surface area (Å²) in [6.45, 7) is 0. The number of carbonyl (C=O) groups excluding carboxylic acids is 2. The predicted octanol–water partition coefficient (Wildman–Crippen LogP) is 1.75. The van der Waals surface area contributed by atoms with E-state index in [-0.39, 0.29) is 11.8 Å². The number of benzene rings is 1.